The summed E-state index contributed by atoms with van der Waals surface area (Å²) in [6.45, 7) is 6.75. The quantitative estimate of drug-likeness (QED) is 0.497. The number of carbonyl (C=O) groups excluding carboxylic acids is 1. The summed E-state index contributed by atoms with van der Waals surface area (Å²) in [6, 6.07) is 10.2. The first-order valence-corrected chi connectivity index (χ1v) is 13.0. The van der Waals surface area contributed by atoms with Crippen molar-refractivity contribution in [3.05, 3.63) is 48.0 Å². The Morgan fingerprint density at radius 1 is 1.06 bits per heavy atom. The molecule has 1 N–H and O–H groups in total. The van der Waals surface area contributed by atoms with Crippen LogP contribution in [0.3, 0.4) is 0 Å². The van der Waals surface area contributed by atoms with Crippen LogP contribution in [-0.4, -0.2) is 72.2 Å². The van der Waals surface area contributed by atoms with Crippen LogP contribution in [0.4, 0.5) is 11.4 Å². The van der Waals surface area contributed by atoms with Gasteiger partial charge in [-0.3, -0.25) is 4.79 Å². The molecule has 0 bridgehead atoms. The number of hydrogen-bond acceptors (Lipinski definition) is 7. The number of benzene rings is 2. The van der Waals surface area contributed by atoms with Gasteiger partial charge in [0.05, 0.1) is 43.7 Å². The van der Waals surface area contributed by atoms with Crippen molar-refractivity contribution in [1.29, 1.82) is 0 Å². The Hall–Kier alpha value is -3.08. The van der Waals surface area contributed by atoms with E-state index in [1.807, 2.05) is 19.9 Å². The summed E-state index contributed by atoms with van der Waals surface area (Å²) in [7, 11) is -0.603. The number of anilines is 2. The van der Waals surface area contributed by atoms with Crippen LogP contribution in [0.1, 0.15) is 19.4 Å². The van der Waals surface area contributed by atoms with Crippen molar-refractivity contribution in [2.24, 2.45) is 0 Å². The SMILES string of the molecule is CCN(CC)c1ccc(S(=O)(=O)N2CCOCC2)cc1NC(=O)/C=C/c1ccc(OC)c(OC)c1. The minimum absolute atomic E-state index is 0.134. The van der Waals surface area contributed by atoms with Gasteiger partial charge in [-0.2, -0.15) is 4.31 Å². The van der Waals surface area contributed by atoms with Crippen LogP contribution < -0.4 is 19.7 Å². The highest BCUT2D eigenvalue weighted by molar-refractivity contribution is 7.89. The third-order valence-electron chi connectivity index (χ3n) is 5.77. The number of hydrogen-bond donors (Lipinski definition) is 1. The smallest absolute Gasteiger partial charge is 0.248 e. The molecule has 190 valence electrons. The second kappa shape index (κ2) is 12.1. The van der Waals surface area contributed by atoms with Gasteiger partial charge in [-0.15, -0.1) is 0 Å². The fourth-order valence-corrected chi connectivity index (χ4v) is 5.29. The third kappa shape index (κ3) is 6.33. The zero-order valence-corrected chi connectivity index (χ0v) is 21.4. The molecule has 2 aromatic rings. The number of morpholine rings is 1. The summed E-state index contributed by atoms with van der Waals surface area (Å²) in [5.74, 6) is 0.769. The summed E-state index contributed by atoms with van der Waals surface area (Å²) in [6.07, 6.45) is 3.05. The first-order chi connectivity index (χ1) is 16.8. The number of nitrogens with one attached hydrogen (secondary N) is 1. The van der Waals surface area contributed by atoms with Crippen LogP contribution in [0, 0.1) is 0 Å². The lowest BCUT2D eigenvalue weighted by molar-refractivity contribution is -0.111. The lowest BCUT2D eigenvalue weighted by Gasteiger charge is -2.28. The van der Waals surface area contributed by atoms with E-state index in [4.69, 9.17) is 14.2 Å². The van der Waals surface area contributed by atoms with E-state index in [9.17, 15) is 13.2 Å². The maximum Gasteiger partial charge on any atom is 0.248 e. The molecule has 0 aliphatic carbocycles. The summed E-state index contributed by atoms with van der Waals surface area (Å²) < 4.78 is 43.6. The number of ether oxygens (including phenoxy) is 3. The van der Waals surface area contributed by atoms with Crippen molar-refractivity contribution in [3.8, 4) is 11.5 Å². The van der Waals surface area contributed by atoms with Crippen molar-refractivity contribution in [2.45, 2.75) is 18.7 Å². The Morgan fingerprint density at radius 2 is 1.74 bits per heavy atom. The van der Waals surface area contributed by atoms with Gasteiger partial charge in [0, 0.05) is 32.3 Å². The number of sulfonamides is 1. The number of nitrogens with zero attached hydrogens (tertiary/aromatic N) is 2. The molecular weight excluding hydrogens is 470 g/mol. The fraction of sp³-hybridized carbons (Fsp3) is 0.400. The molecule has 1 saturated heterocycles. The average molecular weight is 504 g/mol. The summed E-state index contributed by atoms with van der Waals surface area (Å²) >= 11 is 0. The van der Waals surface area contributed by atoms with E-state index >= 15 is 0 Å². The van der Waals surface area contributed by atoms with E-state index in [0.29, 0.717) is 56.6 Å². The predicted molar refractivity (Wildman–Crippen MR) is 137 cm³/mol. The Bertz CT molecular complexity index is 1160. The summed E-state index contributed by atoms with van der Waals surface area (Å²) in [5, 5.41) is 2.87. The van der Waals surface area contributed by atoms with Crippen LogP contribution >= 0.6 is 0 Å². The van der Waals surface area contributed by atoms with Crippen LogP contribution in [0.2, 0.25) is 0 Å². The van der Waals surface area contributed by atoms with E-state index in [-0.39, 0.29) is 10.8 Å². The average Bonchev–Trinajstić information content (AvgIpc) is 2.89. The number of amides is 1. The number of methoxy groups -OCH3 is 2. The van der Waals surface area contributed by atoms with E-state index in [1.54, 1.807) is 44.6 Å². The van der Waals surface area contributed by atoms with Gasteiger partial charge in [0.1, 0.15) is 0 Å². The van der Waals surface area contributed by atoms with Crippen LogP contribution in [0.15, 0.2) is 47.4 Å². The van der Waals surface area contributed by atoms with Crippen LogP contribution in [-0.2, 0) is 19.6 Å². The monoisotopic (exact) mass is 503 g/mol. The normalized spacial score (nSPS) is 14.6. The molecule has 3 rings (SSSR count). The van der Waals surface area contributed by atoms with Crippen molar-refractivity contribution in [2.75, 3.05) is 63.8 Å². The minimum atomic E-state index is -3.71. The first kappa shape index (κ1) is 26.5. The molecule has 0 radical (unpaired) electrons. The highest BCUT2D eigenvalue weighted by atomic mass is 32.2. The van der Waals surface area contributed by atoms with Gasteiger partial charge >= 0.3 is 0 Å². The highest BCUT2D eigenvalue weighted by Gasteiger charge is 2.27. The Labute approximate surface area is 207 Å². The maximum absolute atomic E-state index is 13.2. The van der Waals surface area contributed by atoms with E-state index in [2.05, 4.69) is 10.2 Å². The van der Waals surface area contributed by atoms with E-state index < -0.39 is 10.0 Å². The minimum Gasteiger partial charge on any atom is -0.493 e. The molecule has 10 heteroatoms. The predicted octanol–water partition coefficient (Wildman–Crippen LogP) is 3.22. The first-order valence-electron chi connectivity index (χ1n) is 11.5. The second-order valence-corrected chi connectivity index (χ2v) is 9.74. The highest BCUT2D eigenvalue weighted by Crippen LogP contribution is 2.31. The second-order valence-electron chi connectivity index (χ2n) is 7.80. The maximum atomic E-state index is 13.2. The van der Waals surface area contributed by atoms with Gasteiger partial charge in [0.25, 0.3) is 0 Å². The lowest BCUT2D eigenvalue weighted by atomic mass is 10.2. The zero-order chi connectivity index (χ0) is 25.4. The molecule has 0 atom stereocenters. The molecule has 1 aliphatic heterocycles. The molecule has 2 aromatic carbocycles. The summed E-state index contributed by atoms with van der Waals surface area (Å²) in [4.78, 5) is 15.0. The van der Waals surface area contributed by atoms with Crippen molar-refractivity contribution >= 4 is 33.4 Å². The number of rotatable bonds is 10. The van der Waals surface area contributed by atoms with Crippen molar-refractivity contribution < 1.29 is 27.4 Å². The molecule has 0 saturated carbocycles. The van der Waals surface area contributed by atoms with Crippen LogP contribution in [0.25, 0.3) is 6.08 Å². The van der Waals surface area contributed by atoms with Gasteiger partial charge < -0.3 is 24.4 Å². The number of carbonyl (C=O) groups is 1. The molecule has 9 nitrogen and oxygen atoms in total. The van der Waals surface area contributed by atoms with E-state index in [1.165, 1.54) is 16.4 Å². The third-order valence-corrected chi connectivity index (χ3v) is 7.67. The van der Waals surface area contributed by atoms with Gasteiger partial charge in [-0.1, -0.05) is 6.07 Å². The molecule has 35 heavy (non-hydrogen) atoms. The molecule has 1 fully saturated rings. The standard InChI is InChI=1S/C25H33N3O6S/c1-5-27(6-2)22-10-9-20(35(30,31)28-13-15-34-16-14-28)18-21(22)26-25(29)12-8-19-7-11-23(32-3)24(17-19)33-4/h7-12,17-18H,5-6,13-16H2,1-4H3,(H,26,29)/b12-8+. The zero-order valence-electron chi connectivity index (χ0n) is 20.6. The van der Waals surface area contributed by atoms with Gasteiger partial charge in [-0.05, 0) is 55.8 Å². The van der Waals surface area contributed by atoms with Crippen LogP contribution in [0.5, 0.6) is 11.5 Å². The Balaban J connectivity index is 1.88. The topological polar surface area (TPSA) is 97.4 Å². The van der Waals surface area contributed by atoms with E-state index in [0.717, 1.165) is 11.3 Å². The molecule has 0 aromatic heterocycles. The van der Waals surface area contributed by atoms with Gasteiger partial charge in [-0.25, -0.2) is 8.42 Å². The molecule has 1 aliphatic rings. The molecule has 1 heterocycles. The van der Waals surface area contributed by atoms with Crippen molar-refractivity contribution in [1.82, 2.24) is 4.31 Å². The molecule has 0 spiro atoms. The Morgan fingerprint density at radius 3 is 2.37 bits per heavy atom. The fourth-order valence-electron chi connectivity index (χ4n) is 3.85. The largest absolute Gasteiger partial charge is 0.493 e. The molecule has 1 amide bonds. The molecular formula is C25H33N3O6S. The van der Waals surface area contributed by atoms with Crippen molar-refractivity contribution in [3.63, 3.8) is 0 Å². The van der Waals surface area contributed by atoms with Gasteiger partial charge in [0.2, 0.25) is 15.9 Å². The summed E-state index contributed by atoms with van der Waals surface area (Å²) in [5.41, 5.74) is 1.94. The van der Waals surface area contributed by atoms with Gasteiger partial charge in [0.15, 0.2) is 11.5 Å². The Kier molecular flexibility index (Phi) is 9.13. The lowest BCUT2D eigenvalue weighted by Crippen LogP contribution is -2.40. The molecule has 0 unspecified atom stereocenters.